The van der Waals surface area contributed by atoms with Crippen LogP contribution < -0.4 is 5.73 Å². The lowest BCUT2D eigenvalue weighted by atomic mass is 10.1. The lowest BCUT2D eigenvalue weighted by molar-refractivity contribution is -0.131. The summed E-state index contributed by atoms with van der Waals surface area (Å²) >= 11 is 0. The Morgan fingerprint density at radius 3 is 2.86 bits per heavy atom. The van der Waals surface area contributed by atoms with Crippen LogP contribution in [0.2, 0.25) is 0 Å². The zero-order valence-corrected chi connectivity index (χ0v) is 7.97. The highest BCUT2D eigenvalue weighted by Gasteiger charge is 2.01. The monoisotopic (exact) mass is 191 g/mol. The van der Waals surface area contributed by atoms with Crippen molar-refractivity contribution in [2.45, 2.75) is 13.0 Å². The molecule has 0 fully saturated rings. The van der Waals surface area contributed by atoms with Gasteiger partial charge in [0.2, 0.25) is 0 Å². The fourth-order valence-corrected chi connectivity index (χ4v) is 1.17. The summed E-state index contributed by atoms with van der Waals surface area (Å²) < 4.78 is 0. The van der Waals surface area contributed by atoms with E-state index in [0.717, 1.165) is 17.2 Å². The molecule has 1 atom stereocenters. The normalized spacial score (nSPS) is 13.0. The van der Waals surface area contributed by atoms with Gasteiger partial charge >= 0.3 is 5.97 Å². The predicted molar refractivity (Wildman–Crippen MR) is 54.9 cm³/mol. The molecule has 1 rings (SSSR count). The lowest BCUT2D eigenvalue weighted by Crippen LogP contribution is -2.07. The zero-order chi connectivity index (χ0) is 10.6. The third kappa shape index (κ3) is 3.03. The van der Waals surface area contributed by atoms with Gasteiger partial charge in [0.1, 0.15) is 0 Å². The van der Waals surface area contributed by atoms with E-state index in [1.807, 2.05) is 31.2 Å². The van der Waals surface area contributed by atoms with Crippen LogP contribution in [-0.4, -0.2) is 11.1 Å². The standard InChI is InChI=1S/C11H13NO2/c1-8-3-2-4-9(7-8)10(12)5-6-11(13)14/h2-7,10H,12H2,1H3,(H,13,14)/b6-5+. The zero-order valence-electron chi connectivity index (χ0n) is 7.97. The molecule has 0 aliphatic rings. The average molecular weight is 191 g/mol. The fraction of sp³-hybridized carbons (Fsp3) is 0.182. The Labute approximate surface area is 82.9 Å². The summed E-state index contributed by atoms with van der Waals surface area (Å²) in [6.07, 6.45) is 2.53. The Morgan fingerprint density at radius 1 is 1.57 bits per heavy atom. The highest BCUT2D eigenvalue weighted by Crippen LogP contribution is 2.12. The van der Waals surface area contributed by atoms with E-state index in [1.54, 1.807) is 0 Å². The molecular weight excluding hydrogens is 178 g/mol. The van der Waals surface area contributed by atoms with Crippen molar-refractivity contribution in [1.82, 2.24) is 0 Å². The van der Waals surface area contributed by atoms with Crippen LogP contribution in [0, 0.1) is 6.92 Å². The molecule has 0 spiro atoms. The summed E-state index contributed by atoms with van der Waals surface area (Å²) in [5.74, 6) is -0.979. The van der Waals surface area contributed by atoms with Crippen LogP contribution in [-0.2, 0) is 4.79 Å². The Bertz CT molecular complexity index is 358. The van der Waals surface area contributed by atoms with E-state index in [0.29, 0.717) is 0 Å². The van der Waals surface area contributed by atoms with Crippen LogP contribution in [0.4, 0.5) is 0 Å². The summed E-state index contributed by atoms with van der Waals surface area (Å²) in [6, 6.07) is 7.34. The van der Waals surface area contributed by atoms with Gasteiger partial charge < -0.3 is 10.8 Å². The number of hydrogen-bond acceptors (Lipinski definition) is 2. The number of carboxylic acids is 1. The van der Waals surface area contributed by atoms with Gasteiger partial charge in [-0.05, 0) is 12.5 Å². The van der Waals surface area contributed by atoms with Gasteiger partial charge in [0.25, 0.3) is 0 Å². The van der Waals surface area contributed by atoms with E-state index >= 15 is 0 Å². The average Bonchev–Trinajstić information content (AvgIpc) is 2.14. The number of hydrogen-bond donors (Lipinski definition) is 2. The second kappa shape index (κ2) is 4.58. The summed E-state index contributed by atoms with van der Waals surface area (Å²) in [7, 11) is 0. The topological polar surface area (TPSA) is 63.3 Å². The molecule has 0 aliphatic heterocycles. The first-order valence-electron chi connectivity index (χ1n) is 4.33. The number of aliphatic carboxylic acids is 1. The van der Waals surface area contributed by atoms with Crippen molar-refractivity contribution in [1.29, 1.82) is 0 Å². The van der Waals surface area contributed by atoms with Crippen LogP contribution in [0.15, 0.2) is 36.4 Å². The number of benzene rings is 1. The molecule has 0 aromatic heterocycles. The maximum Gasteiger partial charge on any atom is 0.328 e. The van der Waals surface area contributed by atoms with E-state index in [9.17, 15) is 4.79 Å². The van der Waals surface area contributed by atoms with Crippen molar-refractivity contribution in [3.05, 3.63) is 47.5 Å². The molecule has 1 aromatic rings. The van der Waals surface area contributed by atoms with Crippen LogP contribution in [0.5, 0.6) is 0 Å². The van der Waals surface area contributed by atoms with E-state index in [4.69, 9.17) is 10.8 Å². The van der Waals surface area contributed by atoms with Crippen molar-refractivity contribution in [2.24, 2.45) is 5.73 Å². The van der Waals surface area contributed by atoms with Crippen LogP contribution in [0.1, 0.15) is 17.2 Å². The molecule has 1 aromatic carbocycles. The third-order valence-electron chi connectivity index (χ3n) is 1.87. The summed E-state index contributed by atoms with van der Waals surface area (Å²) in [5, 5.41) is 8.42. The molecule has 0 amide bonds. The lowest BCUT2D eigenvalue weighted by Gasteiger charge is -2.06. The van der Waals surface area contributed by atoms with Crippen LogP contribution >= 0.6 is 0 Å². The van der Waals surface area contributed by atoms with Gasteiger partial charge in [-0.2, -0.15) is 0 Å². The van der Waals surface area contributed by atoms with Crippen LogP contribution in [0.3, 0.4) is 0 Å². The Morgan fingerprint density at radius 2 is 2.29 bits per heavy atom. The molecule has 0 saturated heterocycles. The molecule has 3 nitrogen and oxygen atoms in total. The molecule has 0 saturated carbocycles. The first-order chi connectivity index (χ1) is 6.59. The highest BCUT2D eigenvalue weighted by molar-refractivity contribution is 5.79. The molecule has 74 valence electrons. The molecule has 0 aliphatic carbocycles. The number of carbonyl (C=O) groups is 1. The maximum absolute atomic E-state index is 10.3. The first-order valence-corrected chi connectivity index (χ1v) is 4.33. The van der Waals surface area contributed by atoms with Crippen molar-refractivity contribution < 1.29 is 9.90 Å². The number of aryl methyl sites for hydroxylation is 1. The van der Waals surface area contributed by atoms with Crippen molar-refractivity contribution in [2.75, 3.05) is 0 Å². The molecule has 1 unspecified atom stereocenters. The Kier molecular flexibility index (Phi) is 3.42. The quantitative estimate of drug-likeness (QED) is 0.714. The SMILES string of the molecule is Cc1cccc(C(N)/C=C/C(=O)O)c1. The minimum absolute atomic E-state index is 0.356. The maximum atomic E-state index is 10.3. The smallest absolute Gasteiger partial charge is 0.328 e. The Hall–Kier alpha value is -1.61. The molecule has 0 radical (unpaired) electrons. The Balaban J connectivity index is 2.79. The van der Waals surface area contributed by atoms with Gasteiger partial charge in [0.05, 0.1) is 0 Å². The predicted octanol–water partition coefficient (Wildman–Crippen LogP) is 1.64. The van der Waals surface area contributed by atoms with E-state index < -0.39 is 5.97 Å². The molecular formula is C11H13NO2. The van der Waals surface area contributed by atoms with E-state index in [2.05, 4.69) is 0 Å². The van der Waals surface area contributed by atoms with Gasteiger partial charge in [0.15, 0.2) is 0 Å². The van der Waals surface area contributed by atoms with Gasteiger partial charge in [0, 0.05) is 12.1 Å². The van der Waals surface area contributed by atoms with Gasteiger partial charge in [-0.25, -0.2) is 4.79 Å². The minimum Gasteiger partial charge on any atom is -0.478 e. The number of nitrogens with two attached hydrogens (primary N) is 1. The summed E-state index contributed by atoms with van der Waals surface area (Å²) in [4.78, 5) is 10.3. The van der Waals surface area contributed by atoms with Gasteiger partial charge in [-0.3, -0.25) is 0 Å². The summed E-state index contributed by atoms with van der Waals surface area (Å²) in [5.41, 5.74) is 7.79. The largest absolute Gasteiger partial charge is 0.478 e. The second-order valence-corrected chi connectivity index (χ2v) is 3.14. The molecule has 3 N–H and O–H groups in total. The van der Waals surface area contributed by atoms with Crippen molar-refractivity contribution >= 4 is 5.97 Å². The number of carboxylic acid groups (broad SMARTS) is 1. The van der Waals surface area contributed by atoms with E-state index in [-0.39, 0.29) is 6.04 Å². The molecule has 3 heteroatoms. The summed E-state index contributed by atoms with van der Waals surface area (Å²) in [6.45, 7) is 1.97. The minimum atomic E-state index is -0.979. The van der Waals surface area contributed by atoms with E-state index in [1.165, 1.54) is 6.08 Å². The fourth-order valence-electron chi connectivity index (χ4n) is 1.17. The second-order valence-electron chi connectivity index (χ2n) is 3.14. The highest BCUT2D eigenvalue weighted by atomic mass is 16.4. The molecule has 0 heterocycles. The van der Waals surface area contributed by atoms with Crippen molar-refractivity contribution in [3.8, 4) is 0 Å². The third-order valence-corrected chi connectivity index (χ3v) is 1.87. The molecule has 0 bridgehead atoms. The van der Waals surface area contributed by atoms with Gasteiger partial charge in [-0.15, -0.1) is 0 Å². The number of rotatable bonds is 3. The van der Waals surface area contributed by atoms with Crippen LogP contribution in [0.25, 0.3) is 0 Å². The van der Waals surface area contributed by atoms with Gasteiger partial charge in [-0.1, -0.05) is 35.9 Å². The first kappa shape index (κ1) is 10.5. The molecule has 14 heavy (non-hydrogen) atoms. The van der Waals surface area contributed by atoms with Crippen molar-refractivity contribution in [3.63, 3.8) is 0 Å².